The standard InChI is InChI=1S/C18H22Cl2N4O/c1-4-11(2)22-18(25)16-10-17(24-12(3)23-16)21-8-7-13-5-6-14(19)9-15(13)20/h5-6,9-11H,4,7-8H2,1-3H3,(H,22,25)(H,21,23,24). The summed E-state index contributed by atoms with van der Waals surface area (Å²) in [5, 5.41) is 7.38. The molecule has 0 saturated heterocycles. The molecule has 134 valence electrons. The summed E-state index contributed by atoms with van der Waals surface area (Å²) >= 11 is 12.1. The Morgan fingerprint density at radius 3 is 2.68 bits per heavy atom. The van der Waals surface area contributed by atoms with Crippen LogP contribution in [-0.4, -0.2) is 28.5 Å². The molecule has 1 heterocycles. The predicted molar refractivity (Wildman–Crippen MR) is 103 cm³/mol. The van der Waals surface area contributed by atoms with Crippen LogP contribution < -0.4 is 10.6 Å². The van der Waals surface area contributed by atoms with Gasteiger partial charge in [-0.25, -0.2) is 9.97 Å². The summed E-state index contributed by atoms with van der Waals surface area (Å²) in [7, 11) is 0. The number of nitrogens with zero attached hydrogens (tertiary/aromatic N) is 2. The third-order valence-electron chi connectivity index (χ3n) is 3.78. The van der Waals surface area contributed by atoms with Crippen LogP contribution in [0.1, 0.15) is 42.1 Å². The minimum atomic E-state index is -0.191. The molecule has 25 heavy (non-hydrogen) atoms. The number of anilines is 1. The Morgan fingerprint density at radius 2 is 2.00 bits per heavy atom. The molecule has 2 aromatic rings. The van der Waals surface area contributed by atoms with Gasteiger partial charge >= 0.3 is 0 Å². The number of rotatable bonds is 7. The van der Waals surface area contributed by atoms with Crippen molar-refractivity contribution in [1.29, 1.82) is 0 Å². The van der Waals surface area contributed by atoms with E-state index in [-0.39, 0.29) is 11.9 Å². The molecule has 0 spiro atoms. The SMILES string of the molecule is CCC(C)NC(=O)c1cc(NCCc2ccc(Cl)cc2Cl)nc(C)n1. The van der Waals surface area contributed by atoms with Gasteiger partial charge in [0.25, 0.3) is 5.91 Å². The number of nitrogens with one attached hydrogen (secondary N) is 2. The molecule has 1 atom stereocenters. The van der Waals surface area contributed by atoms with Crippen LogP contribution in [0.15, 0.2) is 24.3 Å². The molecule has 2 N–H and O–H groups in total. The number of amides is 1. The van der Waals surface area contributed by atoms with Crippen molar-refractivity contribution in [2.24, 2.45) is 0 Å². The van der Waals surface area contributed by atoms with E-state index in [1.54, 1.807) is 19.1 Å². The van der Waals surface area contributed by atoms with Gasteiger partial charge in [0.05, 0.1) is 0 Å². The summed E-state index contributed by atoms with van der Waals surface area (Å²) in [6.07, 6.45) is 1.58. The number of aromatic nitrogens is 2. The molecule has 0 aliphatic heterocycles. The zero-order valence-corrected chi connectivity index (χ0v) is 16.1. The number of hydrogen-bond acceptors (Lipinski definition) is 4. The third-order valence-corrected chi connectivity index (χ3v) is 4.36. The fraction of sp³-hybridized carbons (Fsp3) is 0.389. The summed E-state index contributed by atoms with van der Waals surface area (Å²) in [4.78, 5) is 20.8. The monoisotopic (exact) mass is 380 g/mol. The number of halogens is 2. The molecule has 0 bridgehead atoms. The maximum Gasteiger partial charge on any atom is 0.270 e. The average molecular weight is 381 g/mol. The number of aryl methyl sites for hydroxylation is 1. The van der Waals surface area contributed by atoms with Crippen LogP contribution >= 0.6 is 23.2 Å². The third kappa shape index (κ3) is 5.87. The molecule has 0 aliphatic carbocycles. The molecule has 0 saturated carbocycles. The molecule has 0 fully saturated rings. The maximum absolute atomic E-state index is 12.2. The van der Waals surface area contributed by atoms with Gasteiger partial charge < -0.3 is 10.6 Å². The highest BCUT2D eigenvalue weighted by Crippen LogP contribution is 2.21. The molecule has 7 heteroatoms. The van der Waals surface area contributed by atoms with Crippen molar-refractivity contribution in [2.45, 2.75) is 39.7 Å². The lowest BCUT2D eigenvalue weighted by molar-refractivity contribution is 0.0934. The molecule has 0 aliphatic rings. The molecular weight excluding hydrogens is 359 g/mol. The van der Waals surface area contributed by atoms with Gasteiger partial charge in [0.2, 0.25) is 0 Å². The van der Waals surface area contributed by atoms with Crippen LogP contribution in [0.3, 0.4) is 0 Å². The van der Waals surface area contributed by atoms with Crippen molar-refractivity contribution < 1.29 is 4.79 Å². The Hall–Kier alpha value is -1.85. The summed E-state index contributed by atoms with van der Waals surface area (Å²) in [5.41, 5.74) is 1.36. The first kappa shape index (κ1) is 19.5. The van der Waals surface area contributed by atoms with Gasteiger partial charge in [-0.15, -0.1) is 0 Å². The van der Waals surface area contributed by atoms with E-state index in [2.05, 4.69) is 20.6 Å². The average Bonchev–Trinajstić information content (AvgIpc) is 2.56. The second-order valence-corrected chi connectivity index (χ2v) is 6.72. The zero-order valence-electron chi connectivity index (χ0n) is 14.6. The van der Waals surface area contributed by atoms with Gasteiger partial charge in [-0.2, -0.15) is 0 Å². The summed E-state index contributed by atoms with van der Waals surface area (Å²) in [5.74, 6) is 0.972. The van der Waals surface area contributed by atoms with Crippen LogP contribution in [0.4, 0.5) is 5.82 Å². The summed E-state index contributed by atoms with van der Waals surface area (Å²) < 4.78 is 0. The highest BCUT2D eigenvalue weighted by atomic mass is 35.5. The van der Waals surface area contributed by atoms with Gasteiger partial charge in [0.1, 0.15) is 17.3 Å². The first-order chi connectivity index (χ1) is 11.9. The number of carbonyl (C=O) groups is 1. The second-order valence-electron chi connectivity index (χ2n) is 5.88. The van der Waals surface area contributed by atoms with Crippen molar-refractivity contribution in [2.75, 3.05) is 11.9 Å². The van der Waals surface area contributed by atoms with Gasteiger partial charge in [-0.1, -0.05) is 36.2 Å². The molecule has 2 rings (SSSR count). The topological polar surface area (TPSA) is 66.9 Å². The first-order valence-electron chi connectivity index (χ1n) is 8.23. The highest BCUT2D eigenvalue weighted by molar-refractivity contribution is 6.35. The zero-order chi connectivity index (χ0) is 18.4. The minimum absolute atomic E-state index is 0.103. The Labute approximate surface area is 158 Å². The Kier molecular flexibility index (Phi) is 7.02. The quantitative estimate of drug-likeness (QED) is 0.752. The molecule has 5 nitrogen and oxygen atoms in total. The molecule has 1 aromatic carbocycles. The largest absolute Gasteiger partial charge is 0.370 e. The van der Waals surface area contributed by atoms with Gasteiger partial charge in [0, 0.05) is 28.7 Å². The van der Waals surface area contributed by atoms with E-state index in [4.69, 9.17) is 23.2 Å². The normalized spacial score (nSPS) is 11.9. The Balaban J connectivity index is 2.01. The van der Waals surface area contributed by atoms with Crippen LogP contribution in [0, 0.1) is 6.92 Å². The second kappa shape index (κ2) is 9.02. The molecule has 1 amide bonds. The molecular formula is C18H22Cl2N4O. The summed E-state index contributed by atoms with van der Waals surface area (Å²) in [6, 6.07) is 7.21. The van der Waals surface area contributed by atoms with E-state index in [1.165, 1.54) is 0 Å². The van der Waals surface area contributed by atoms with E-state index in [9.17, 15) is 4.79 Å². The molecule has 0 radical (unpaired) electrons. The minimum Gasteiger partial charge on any atom is -0.370 e. The van der Waals surface area contributed by atoms with Gasteiger partial charge in [-0.3, -0.25) is 4.79 Å². The number of hydrogen-bond donors (Lipinski definition) is 2. The Morgan fingerprint density at radius 1 is 1.24 bits per heavy atom. The lowest BCUT2D eigenvalue weighted by atomic mass is 10.1. The van der Waals surface area contributed by atoms with Crippen LogP contribution in [0.5, 0.6) is 0 Å². The van der Waals surface area contributed by atoms with Crippen molar-refractivity contribution in [3.8, 4) is 0 Å². The van der Waals surface area contributed by atoms with Crippen molar-refractivity contribution >= 4 is 34.9 Å². The lowest BCUT2D eigenvalue weighted by Crippen LogP contribution is -2.32. The Bertz CT molecular complexity index is 752. The van der Waals surface area contributed by atoms with E-state index in [1.807, 2.05) is 26.0 Å². The van der Waals surface area contributed by atoms with Gasteiger partial charge in [-0.05, 0) is 44.4 Å². The molecule has 1 aromatic heterocycles. The van der Waals surface area contributed by atoms with E-state index in [0.29, 0.717) is 40.3 Å². The van der Waals surface area contributed by atoms with E-state index < -0.39 is 0 Å². The fourth-order valence-electron chi connectivity index (χ4n) is 2.22. The van der Waals surface area contributed by atoms with Crippen molar-refractivity contribution in [3.05, 3.63) is 51.4 Å². The fourth-order valence-corrected chi connectivity index (χ4v) is 2.73. The van der Waals surface area contributed by atoms with Crippen molar-refractivity contribution in [1.82, 2.24) is 15.3 Å². The number of carbonyl (C=O) groups excluding carboxylic acids is 1. The number of benzene rings is 1. The highest BCUT2D eigenvalue weighted by Gasteiger charge is 2.12. The van der Waals surface area contributed by atoms with Crippen LogP contribution in [0.25, 0.3) is 0 Å². The van der Waals surface area contributed by atoms with Crippen LogP contribution in [0.2, 0.25) is 10.0 Å². The van der Waals surface area contributed by atoms with Gasteiger partial charge in [0.15, 0.2) is 0 Å². The van der Waals surface area contributed by atoms with E-state index in [0.717, 1.165) is 12.0 Å². The summed E-state index contributed by atoms with van der Waals surface area (Å²) in [6.45, 7) is 6.37. The predicted octanol–water partition coefficient (Wildman–Crippen LogP) is 4.27. The lowest BCUT2D eigenvalue weighted by Gasteiger charge is -2.12. The van der Waals surface area contributed by atoms with Crippen LogP contribution in [-0.2, 0) is 6.42 Å². The maximum atomic E-state index is 12.2. The smallest absolute Gasteiger partial charge is 0.270 e. The first-order valence-corrected chi connectivity index (χ1v) is 8.99. The van der Waals surface area contributed by atoms with E-state index >= 15 is 0 Å². The molecule has 1 unspecified atom stereocenters. The van der Waals surface area contributed by atoms with Crippen molar-refractivity contribution in [3.63, 3.8) is 0 Å².